The van der Waals surface area contributed by atoms with E-state index in [2.05, 4.69) is 15.3 Å². The number of anilines is 3. The fourth-order valence-electron chi connectivity index (χ4n) is 4.31. The summed E-state index contributed by atoms with van der Waals surface area (Å²) in [5.41, 5.74) is 7.04. The van der Waals surface area contributed by atoms with Gasteiger partial charge in [-0.15, -0.1) is 0 Å². The van der Waals surface area contributed by atoms with Crippen molar-refractivity contribution in [3.05, 3.63) is 69.4 Å². The maximum Gasteiger partial charge on any atom is 0.284 e. The van der Waals surface area contributed by atoms with Crippen molar-refractivity contribution >= 4 is 40.5 Å². The van der Waals surface area contributed by atoms with Crippen molar-refractivity contribution in [3.8, 4) is 5.69 Å². The Morgan fingerprint density at radius 1 is 1.12 bits per heavy atom. The zero-order valence-electron chi connectivity index (χ0n) is 16.7. The van der Waals surface area contributed by atoms with Gasteiger partial charge in [-0.3, -0.25) is 14.2 Å². The van der Waals surface area contributed by atoms with Gasteiger partial charge in [0, 0.05) is 12.7 Å². The number of aromatic nitrogens is 5. The molecule has 3 N–H and O–H groups in total. The summed E-state index contributed by atoms with van der Waals surface area (Å²) < 4.78 is 3.07. The summed E-state index contributed by atoms with van der Waals surface area (Å²) in [6.45, 7) is 0.787. The molecule has 0 saturated carbocycles. The van der Waals surface area contributed by atoms with Crippen LogP contribution in [-0.2, 0) is 0 Å². The van der Waals surface area contributed by atoms with Gasteiger partial charge in [-0.1, -0.05) is 29.8 Å². The summed E-state index contributed by atoms with van der Waals surface area (Å²) >= 11 is 6.28. The highest BCUT2D eigenvalue weighted by Gasteiger charge is 2.39. The van der Waals surface area contributed by atoms with Crippen molar-refractivity contribution < 1.29 is 4.79 Å². The fraction of sp³-hybridized carbons (Fsp3) is 0.190. The van der Waals surface area contributed by atoms with Gasteiger partial charge >= 0.3 is 0 Å². The maximum absolute atomic E-state index is 13.5. The van der Waals surface area contributed by atoms with Crippen LogP contribution in [-0.4, -0.2) is 43.0 Å². The standard InChI is InChI=1S/C21H17ClN8O2/c22-12-6-9-29-16(12)20(32)30(11-4-2-1-3-5-11)18(27-29)13-7-8-28(13)19-15-14(31)10-24-17(15)25-21(23)26-19/h1-6,9,13H,7-8,10H2,(H3,23,24,25,26)/t13-/m0/s1. The molecule has 3 aromatic heterocycles. The number of carbonyl (C=O) groups excluding carboxylic acids is 1. The number of Topliss-reactive ketones (excluding diaryl/α,β-unsaturated/α-hetero) is 1. The van der Waals surface area contributed by atoms with Gasteiger partial charge in [-0.05, 0) is 24.6 Å². The van der Waals surface area contributed by atoms with E-state index in [0.29, 0.717) is 45.8 Å². The molecule has 1 atom stereocenters. The second-order valence-electron chi connectivity index (χ2n) is 7.69. The smallest absolute Gasteiger partial charge is 0.284 e. The minimum Gasteiger partial charge on any atom is -0.368 e. The van der Waals surface area contributed by atoms with Crippen LogP contribution in [0.5, 0.6) is 0 Å². The predicted octanol–water partition coefficient (Wildman–Crippen LogP) is 2.07. The monoisotopic (exact) mass is 448 g/mol. The van der Waals surface area contributed by atoms with E-state index in [9.17, 15) is 9.59 Å². The molecular weight excluding hydrogens is 432 g/mol. The predicted molar refractivity (Wildman–Crippen MR) is 120 cm³/mol. The number of nitrogens with two attached hydrogens (primary N) is 1. The van der Waals surface area contributed by atoms with Gasteiger partial charge < -0.3 is 16.0 Å². The number of nitrogens with zero attached hydrogens (tertiary/aromatic N) is 6. The van der Waals surface area contributed by atoms with Gasteiger partial charge in [0.05, 0.1) is 23.3 Å². The molecule has 0 spiro atoms. The van der Waals surface area contributed by atoms with Gasteiger partial charge in [0.2, 0.25) is 5.95 Å². The molecule has 32 heavy (non-hydrogen) atoms. The molecular formula is C21H17ClN8O2. The van der Waals surface area contributed by atoms with Crippen LogP contribution < -0.4 is 21.5 Å². The van der Waals surface area contributed by atoms with Crippen molar-refractivity contribution in [1.29, 1.82) is 0 Å². The van der Waals surface area contributed by atoms with E-state index < -0.39 is 0 Å². The van der Waals surface area contributed by atoms with Crippen molar-refractivity contribution in [1.82, 2.24) is 24.1 Å². The summed E-state index contributed by atoms with van der Waals surface area (Å²) in [4.78, 5) is 36.5. The van der Waals surface area contributed by atoms with Crippen LogP contribution in [0.1, 0.15) is 28.6 Å². The van der Waals surface area contributed by atoms with Crippen LogP contribution >= 0.6 is 11.6 Å². The Balaban J connectivity index is 1.56. The van der Waals surface area contributed by atoms with Crippen LogP contribution in [0.3, 0.4) is 0 Å². The van der Waals surface area contributed by atoms with Gasteiger partial charge in [0.1, 0.15) is 22.7 Å². The van der Waals surface area contributed by atoms with Crippen LogP contribution in [0.4, 0.5) is 17.6 Å². The lowest BCUT2D eigenvalue weighted by molar-refractivity contribution is 0.101. The van der Waals surface area contributed by atoms with Crippen LogP contribution in [0, 0.1) is 0 Å². The Hall–Kier alpha value is -3.92. The number of fused-ring (bicyclic) bond motifs is 2. The molecule has 1 saturated heterocycles. The molecule has 1 aromatic carbocycles. The Morgan fingerprint density at radius 3 is 2.69 bits per heavy atom. The third-order valence-electron chi connectivity index (χ3n) is 5.87. The van der Waals surface area contributed by atoms with Crippen LogP contribution in [0.25, 0.3) is 11.2 Å². The number of nitrogen functional groups attached to an aromatic ring is 1. The number of carbonyl (C=O) groups is 1. The Kier molecular flexibility index (Phi) is 3.99. The maximum atomic E-state index is 13.5. The minimum atomic E-state index is -0.291. The largest absolute Gasteiger partial charge is 0.368 e. The van der Waals surface area contributed by atoms with Gasteiger partial charge in [0.15, 0.2) is 11.6 Å². The number of halogens is 1. The highest BCUT2D eigenvalue weighted by molar-refractivity contribution is 6.33. The summed E-state index contributed by atoms with van der Waals surface area (Å²) in [6, 6.07) is 10.6. The summed E-state index contributed by atoms with van der Waals surface area (Å²) in [5.74, 6) is 1.40. The molecule has 11 heteroatoms. The first-order valence-corrected chi connectivity index (χ1v) is 10.5. The molecule has 6 rings (SSSR count). The van der Waals surface area contributed by atoms with E-state index in [-0.39, 0.29) is 29.9 Å². The molecule has 2 aliphatic heterocycles. The van der Waals surface area contributed by atoms with Crippen LogP contribution in [0.2, 0.25) is 5.02 Å². The van der Waals surface area contributed by atoms with Crippen LogP contribution in [0.15, 0.2) is 47.4 Å². The molecule has 0 unspecified atom stereocenters. The van der Waals surface area contributed by atoms with Gasteiger partial charge in [-0.2, -0.15) is 15.1 Å². The first-order valence-electron chi connectivity index (χ1n) is 10.1. The van der Waals surface area contributed by atoms with E-state index in [1.54, 1.807) is 16.8 Å². The molecule has 2 aliphatic rings. The van der Waals surface area contributed by atoms with E-state index in [4.69, 9.17) is 22.4 Å². The molecule has 0 aliphatic carbocycles. The van der Waals surface area contributed by atoms with E-state index in [1.807, 2.05) is 35.2 Å². The molecule has 4 aromatic rings. The van der Waals surface area contributed by atoms with Crippen molar-refractivity contribution in [2.45, 2.75) is 12.5 Å². The third-order valence-corrected chi connectivity index (χ3v) is 6.17. The SMILES string of the molecule is Nc1nc2c(c(N3CC[C@H]3c3nn4ccc(Cl)c4c(=O)n3-c3ccccc3)n1)C(=O)CN2. The average molecular weight is 449 g/mol. The second-order valence-corrected chi connectivity index (χ2v) is 8.10. The third kappa shape index (κ3) is 2.62. The average Bonchev–Trinajstić information content (AvgIpc) is 3.30. The normalized spacial score (nSPS) is 17.3. The van der Waals surface area contributed by atoms with Crippen molar-refractivity contribution in [2.24, 2.45) is 0 Å². The summed E-state index contributed by atoms with van der Waals surface area (Å²) in [5, 5.41) is 8.04. The number of ketones is 1. The number of hydrogen-bond donors (Lipinski definition) is 2. The lowest BCUT2D eigenvalue weighted by Gasteiger charge is -2.42. The van der Waals surface area contributed by atoms with Gasteiger partial charge in [0.25, 0.3) is 5.56 Å². The molecule has 0 amide bonds. The topological polar surface area (TPSA) is 123 Å². The molecule has 10 nitrogen and oxygen atoms in total. The quantitative estimate of drug-likeness (QED) is 0.488. The lowest BCUT2D eigenvalue weighted by atomic mass is 10.00. The number of para-hydroxylation sites is 1. The first kappa shape index (κ1) is 18.8. The Labute approximate surface area is 186 Å². The number of hydrogen-bond acceptors (Lipinski definition) is 8. The zero-order chi connectivity index (χ0) is 22.0. The van der Waals surface area contributed by atoms with Crippen molar-refractivity contribution in [3.63, 3.8) is 0 Å². The van der Waals surface area contributed by atoms with E-state index in [1.165, 1.54) is 4.52 Å². The molecule has 0 radical (unpaired) electrons. The Bertz CT molecular complexity index is 1460. The number of benzene rings is 1. The highest BCUT2D eigenvalue weighted by atomic mass is 35.5. The molecule has 1 fully saturated rings. The van der Waals surface area contributed by atoms with Crippen molar-refractivity contribution in [2.75, 3.05) is 29.0 Å². The number of rotatable bonds is 3. The zero-order valence-corrected chi connectivity index (χ0v) is 17.5. The van der Waals surface area contributed by atoms with E-state index >= 15 is 0 Å². The molecule has 5 heterocycles. The first-order chi connectivity index (χ1) is 15.5. The fourth-order valence-corrected chi connectivity index (χ4v) is 4.53. The molecule has 160 valence electrons. The summed E-state index contributed by atoms with van der Waals surface area (Å²) in [7, 11) is 0. The van der Waals surface area contributed by atoms with E-state index in [0.717, 1.165) is 6.42 Å². The minimum absolute atomic E-state index is 0.0765. The lowest BCUT2D eigenvalue weighted by Crippen LogP contribution is -2.45. The number of nitrogens with one attached hydrogen (secondary N) is 1. The molecule has 0 bridgehead atoms. The Morgan fingerprint density at radius 2 is 1.94 bits per heavy atom. The summed E-state index contributed by atoms with van der Waals surface area (Å²) in [6.07, 6.45) is 2.38. The van der Waals surface area contributed by atoms with Gasteiger partial charge in [-0.25, -0.2) is 4.52 Å². The highest BCUT2D eigenvalue weighted by Crippen LogP contribution is 2.41. The second kappa shape index (κ2) is 6.79.